The summed E-state index contributed by atoms with van der Waals surface area (Å²) in [6.07, 6.45) is 27.9. The van der Waals surface area contributed by atoms with Crippen LogP contribution in [0.25, 0.3) is 0 Å². The van der Waals surface area contributed by atoms with Gasteiger partial charge in [-0.2, -0.15) is 0 Å². The molecule has 0 aromatic carbocycles. The zero-order chi connectivity index (χ0) is 17.2. The number of unbranched alkanes of at least 4 members (excludes halogenated alkanes) is 4. The molecule has 0 aliphatic heterocycles. The van der Waals surface area contributed by atoms with Crippen molar-refractivity contribution in [2.75, 3.05) is 0 Å². The van der Waals surface area contributed by atoms with Gasteiger partial charge in [-0.25, -0.2) is 0 Å². The van der Waals surface area contributed by atoms with Crippen LogP contribution in [0.1, 0.15) is 65.2 Å². The molecule has 2 aliphatic carbocycles. The van der Waals surface area contributed by atoms with Gasteiger partial charge >= 0.3 is 37.9 Å². The predicted octanol–water partition coefficient (Wildman–Crippen LogP) is 7.32. The van der Waals surface area contributed by atoms with Crippen LogP contribution in [0.3, 0.4) is 0 Å². The molecular formula is C20H30Cl2Zr+2. The van der Waals surface area contributed by atoms with Crippen LogP contribution in [0.2, 0.25) is 0 Å². The van der Waals surface area contributed by atoms with Gasteiger partial charge in [-0.15, -0.1) is 0 Å². The van der Waals surface area contributed by atoms with Gasteiger partial charge in [-0.1, -0.05) is 52.4 Å². The van der Waals surface area contributed by atoms with E-state index in [1.807, 2.05) is 0 Å². The standard InChI is InChI=1S/2C10H15.2ClH.Zr/c2*1-2-3-4-7-10-8-5-6-9-10;;;/h2*5-6,8-9H,2-4,7H2,1H3;2*1H;/q;;;;+4/p-2. The van der Waals surface area contributed by atoms with Gasteiger partial charge < -0.3 is 0 Å². The Balaban J connectivity index is 0.000000360. The van der Waals surface area contributed by atoms with Gasteiger partial charge in [0.25, 0.3) is 0 Å². The summed E-state index contributed by atoms with van der Waals surface area (Å²) in [4.78, 5) is 0. The van der Waals surface area contributed by atoms with Crippen molar-refractivity contribution in [1.82, 2.24) is 0 Å². The van der Waals surface area contributed by atoms with Crippen LogP contribution in [0.4, 0.5) is 0 Å². The number of hydrogen-bond donors (Lipinski definition) is 0. The summed E-state index contributed by atoms with van der Waals surface area (Å²) < 4.78 is 0. The summed E-state index contributed by atoms with van der Waals surface area (Å²) in [6.45, 7) is 4.48. The molecule has 0 N–H and O–H groups in total. The maximum atomic E-state index is 4.93. The molecule has 0 spiro atoms. The summed E-state index contributed by atoms with van der Waals surface area (Å²) in [5.41, 5.74) is 0. The third-order valence-corrected chi connectivity index (χ3v) is 3.60. The second kappa shape index (κ2) is 19.8. The van der Waals surface area contributed by atoms with Crippen LogP contribution in [-0.2, 0) is 20.8 Å². The van der Waals surface area contributed by atoms with Gasteiger partial charge in [0.15, 0.2) is 0 Å². The van der Waals surface area contributed by atoms with Crippen molar-refractivity contribution in [2.24, 2.45) is 0 Å². The Morgan fingerprint density at radius 1 is 0.652 bits per heavy atom. The van der Waals surface area contributed by atoms with Gasteiger partial charge in [-0.3, -0.25) is 0 Å². The Labute approximate surface area is 165 Å². The van der Waals surface area contributed by atoms with Crippen molar-refractivity contribution >= 4 is 17.0 Å². The van der Waals surface area contributed by atoms with Crippen LogP contribution >= 0.6 is 17.0 Å². The topological polar surface area (TPSA) is 0 Å². The van der Waals surface area contributed by atoms with E-state index in [4.69, 9.17) is 17.0 Å². The van der Waals surface area contributed by atoms with Crippen LogP contribution in [0.5, 0.6) is 0 Å². The fourth-order valence-corrected chi connectivity index (χ4v) is 2.32. The Kier molecular flexibility index (Phi) is 21.0. The molecule has 0 atom stereocenters. The molecule has 0 nitrogen and oxygen atoms in total. The molecule has 2 rings (SSSR count). The molecule has 0 amide bonds. The molecule has 126 valence electrons. The van der Waals surface area contributed by atoms with E-state index in [0.29, 0.717) is 0 Å². The maximum absolute atomic E-state index is 4.93. The van der Waals surface area contributed by atoms with E-state index in [1.165, 1.54) is 63.2 Å². The van der Waals surface area contributed by atoms with Crippen LogP contribution in [0.15, 0.2) is 0 Å². The first-order valence-electron chi connectivity index (χ1n) is 8.65. The Morgan fingerprint density at radius 3 is 1.22 bits per heavy atom. The molecule has 2 aliphatic rings. The van der Waals surface area contributed by atoms with Crippen molar-refractivity contribution in [1.29, 1.82) is 0 Å². The first kappa shape index (κ1) is 24.5. The summed E-state index contributed by atoms with van der Waals surface area (Å²) in [7, 11) is 9.87. The van der Waals surface area contributed by atoms with E-state index in [1.54, 1.807) is 0 Å². The zero-order valence-corrected chi connectivity index (χ0v) is 18.5. The van der Waals surface area contributed by atoms with E-state index in [9.17, 15) is 0 Å². The molecule has 2 saturated carbocycles. The van der Waals surface area contributed by atoms with Gasteiger partial charge in [0.05, 0.1) is 0 Å². The zero-order valence-electron chi connectivity index (χ0n) is 14.5. The fraction of sp³-hybridized carbons (Fsp3) is 0.500. The van der Waals surface area contributed by atoms with E-state index in [2.05, 4.69) is 65.2 Å². The monoisotopic (exact) mass is 430 g/mol. The predicted molar refractivity (Wildman–Crippen MR) is 101 cm³/mol. The molecule has 0 unspecified atom stereocenters. The average molecular weight is 433 g/mol. The molecule has 23 heavy (non-hydrogen) atoms. The van der Waals surface area contributed by atoms with Crippen LogP contribution in [0, 0.1) is 63.2 Å². The minimum atomic E-state index is -0.826. The molecule has 3 heteroatoms. The summed E-state index contributed by atoms with van der Waals surface area (Å²) in [5, 5.41) is 0. The Bertz CT molecular complexity index is 190. The van der Waals surface area contributed by atoms with E-state index in [-0.39, 0.29) is 0 Å². The van der Waals surface area contributed by atoms with Gasteiger partial charge in [0.2, 0.25) is 0 Å². The van der Waals surface area contributed by atoms with Crippen molar-refractivity contribution in [3.05, 3.63) is 63.2 Å². The van der Waals surface area contributed by atoms with Crippen molar-refractivity contribution in [3.63, 3.8) is 0 Å². The first-order chi connectivity index (χ1) is 11.3. The normalized spacial score (nSPS) is 17.9. The van der Waals surface area contributed by atoms with Crippen molar-refractivity contribution in [3.8, 4) is 0 Å². The Morgan fingerprint density at radius 2 is 0.957 bits per heavy atom. The molecular weight excluding hydrogens is 402 g/mol. The second-order valence-electron chi connectivity index (χ2n) is 5.57. The van der Waals surface area contributed by atoms with Gasteiger partial charge in [0.1, 0.15) is 0 Å². The van der Waals surface area contributed by atoms with Crippen molar-refractivity contribution < 1.29 is 20.8 Å². The number of hydrogen-bond acceptors (Lipinski definition) is 0. The summed E-state index contributed by atoms with van der Waals surface area (Å²) in [6, 6.07) is 0. The van der Waals surface area contributed by atoms with Gasteiger partial charge in [-0.05, 0) is 76.0 Å². The minimum absolute atomic E-state index is 0.826. The van der Waals surface area contributed by atoms with Crippen LogP contribution < -0.4 is 0 Å². The summed E-state index contributed by atoms with van der Waals surface area (Å²) in [5.74, 6) is 2.99. The summed E-state index contributed by atoms with van der Waals surface area (Å²) >= 11 is -0.826. The molecule has 0 aromatic heterocycles. The second-order valence-corrected chi connectivity index (χ2v) is 9.30. The average Bonchev–Trinajstić information content (AvgIpc) is 3.23. The van der Waals surface area contributed by atoms with Crippen LogP contribution in [-0.4, -0.2) is 0 Å². The quantitative estimate of drug-likeness (QED) is 0.353. The van der Waals surface area contributed by atoms with E-state index in [0.717, 1.165) is 0 Å². The Hall–Kier alpha value is 1.46. The molecule has 0 saturated heterocycles. The fourth-order valence-electron chi connectivity index (χ4n) is 2.32. The molecule has 0 aromatic rings. The third kappa shape index (κ3) is 16.7. The SMILES string of the molecule is CCCCC[C]1[CH][CH][CH][CH]1.CCCCC[C]1[CH][CH][CH][CH]1.[Cl][Zr+2][Cl]. The molecule has 10 radical (unpaired) electrons. The number of halogens is 2. The number of rotatable bonds is 8. The first-order valence-corrected chi connectivity index (χ1v) is 15.0. The van der Waals surface area contributed by atoms with Gasteiger partial charge in [0, 0.05) is 0 Å². The molecule has 0 bridgehead atoms. The van der Waals surface area contributed by atoms with E-state index < -0.39 is 20.8 Å². The molecule has 2 fully saturated rings. The third-order valence-electron chi connectivity index (χ3n) is 3.60. The molecule has 0 heterocycles. The van der Waals surface area contributed by atoms with Crippen molar-refractivity contribution in [2.45, 2.75) is 65.2 Å². The van der Waals surface area contributed by atoms with E-state index >= 15 is 0 Å².